The first-order valence-corrected chi connectivity index (χ1v) is 11.2. The molecule has 2 aliphatic rings. The van der Waals surface area contributed by atoms with E-state index in [4.69, 9.17) is 15.2 Å². The average Bonchev–Trinajstić information content (AvgIpc) is 3.34. The number of nitrogens with one attached hydrogen (secondary N) is 2. The van der Waals surface area contributed by atoms with Gasteiger partial charge in [0.15, 0.2) is 5.82 Å². The van der Waals surface area contributed by atoms with Crippen LogP contribution in [0.2, 0.25) is 0 Å². The van der Waals surface area contributed by atoms with Crippen LogP contribution >= 0.6 is 0 Å². The number of anilines is 3. The fourth-order valence-corrected chi connectivity index (χ4v) is 4.49. The molecule has 2 atom stereocenters. The molecule has 34 heavy (non-hydrogen) atoms. The van der Waals surface area contributed by atoms with Crippen LogP contribution in [0.5, 0.6) is 0 Å². The van der Waals surface area contributed by atoms with Crippen LogP contribution in [0.25, 0.3) is 21.9 Å². The second-order valence-electron chi connectivity index (χ2n) is 8.71. The second-order valence-corrected chi connectivity index (χ2v) is 8.71. The number of carbonyl (C=O) groups excluding carboxylic acids is 1. The normalized spacial score (nSPS) is 19.5. The Bertz CT molecular complexity index is 1260. The third kappa shape index (κ3) is 4.10. The molecule has 1 saturated heterocycles. The van der Waals surface area contributed by atoms with Crippen LogP contribution in [-0.4, -0.2) is 53.6 Å². The van der Waals surface area contributed by atoms with E-state index in [0.717, 1.165) is 16.9 Å². The molecule has 3 aromatic rings. The van der Waals surface area contributed by atoms with Gasteiger partial charge >= 0.3 is 6.09 Å². The quantitative estimate of drug-likeness (QED) is 0.430. The molecule has 1 amide bonds. The minimum Gasteiger partial charge on any atom is -0.443 e. The third-order valence-corrected chi connectivity index (χ3v) is 6.41. The van der Waals surface area contributed by atoms with Gasteiger partial charge in [0.05, 0.1) is 30.3 Å². The molecule has 0 bridgehead atoms. The summed E-state index contributed by atoms with van der Waals surface area (Å²) >= 11 is 0. The van der Waals surface area contributed by atoms with Gasteiger partial charge in [0.2, 0.25) is 0 Å². The number of aliphatic hydroxyl groups is 1. The van der Waals surface area contributed by atoms with Gasteiger partial charge in [0.25, 0.3) is 0 Å². The number of pyridine rings is 2. The van der Waals surface area contributed by atoms with Crippen LogP contribution in [0, 0.1) is 18.7 Å². The lowest BCUT2D eigenvalue weighted by Gasteiger charge is -2.26. The number of nitrogens with two attached hydrogens (primary N) is 1. The zero-order valence-electron chi connectivity index (χ0n) is 18.7. The van der Waals surface area contributed by atoms with E-state index in [-0.39, 0.29) is 30.1 Å². The van der Waals surface area contributed by atoms with Crippen molar-refractivity contribution >= 4 is 34.1 Å². The lowest BCUT2D eigenvalue weighted by Crippen LogP contribution is -2.27. The molecular weight excluding hydrogens is 441 g/mol. The molecule has 178 valence electrons. The number of rotatable bonds is 4. The van der Waals surface area contributed by atoms with Crippen molar-refractivity contribution in [3.8, 4) is 11.1 Å². The lowest BCUT2D eigenvalue weighted by molar-refractivity contribution is 0.0931. The van der Waals surface area contributed by atoms with E-state index in [9.17, 15) is 9.90 Å². The van der Waals surface area contributed by atoms with Gasteiger partial charge in [0.1, 0.15) is 11.9 Å². The van der Waals surface area contributed by atoms with Crippen LogP contribution in [0.4, 0.5) is 26.4 Å². The summed E-state index contributed by atoms with van der Waals surface area (Å²) in [7, 11) is 0. The molecule has 5 N–H and O–H groups in total. The van der Waals surface area contributed by atoms with Gasteiger partial charge in [-0.2, -0.15) is 0 Å². The minimum atomic E-state index is -0.625. The van der Waals surface area contributed by atoms with Gasteiger partial charge in [-0.3, -0.25) is 10.3 Å². The first kappa shape index (κ1) is 22.3. The molecule has 9 nitrogen and oxygen atoms in total. The molecular formula is C24H26FN5O4. The lowest BCUT2D eigenvalue weighted by atomic mass is 9.92. The summed E-state index contributed by atoms with van der Waals surface area (Å²) in [6.45, 7) is 3.55. The highest BCUT2D eigenvalue weighted by Gasteiger charge is 2.24. The maximum atomic E-state index is 15.3. The molecule has 0 aliphatic carbocycles. The fraction of sp³-hybridized carbons (Fsp3) is 0.375. The van der Waals surface area contributed by atoms with Crippen LogP contribution in [0.3, 0.4) is 0 Å². The highest BCUT2D eigenvalue weighted by atomic mass is 19.1. The molecule has 1 aromatic carbocycles. The summed E-state index contributed by atoms with van der Waals surface area (Å²) in [5.41, 5.74) is 9.60. The van der Waals surface area contributed by atoms with Crippen molar-refractivity contribution in [2.24, 2.45) is 5.92 Å². The molecule has 2 aromatic heterocycles. The number of aliphatic hydroxyl groups excluding tert-OH is 1. The number of carbonyl (C=O) groups is 1. The summed E-state index contributed by atoms with van der Waals surface area (Å²) in [6.07, 6.45) is 3.48. The Labute approximate surface area is 195 Å². The van der Waals surface area contributed by atoms with Crippen molar-refractivity contribution in [2.45, 2.75) is 25.9 Å². The predicted octanol–water partition coefficient (Wildman–Crippen LogP) is 3.24. The van der Waals surface area contributed by atoms with E-state index in [1.165, 1.54) is 6.20 Å². The van der Waals surface area contributed by atoms with Crippen LogP contribution < -0.4 is 16.4 Å². The maximum absolute atomic E-state index is 15.3. The van der Waals surface area contributed by atoms with Crippen molar-refractivity contribution in [1.82, 2.24) is 9.97 Å². The van der Waals surface area contributed by atoms with Crippen LogP contribution in [0.1, 0.15) is 17.7 Å². The van der Waals surface area contributed by atoms with E-state index in [0.29, 0.717) is 54.5 Å². The number of fused-ring (bicyclic) bond motifs is 2. The number of benzene rings is 1. The number of nitrogen functional groups attached to an aromatic ring is 1. The van der Waals surface area contributed by atoms with Crippen molar-refractivity contribution in [3.05, 3.63) is 41.6 Å². The fourth-order valence-electron chi connectivity index (χ4n) is 4.49. The number of ether oxygens (including phenoxy) is 2. The molecule has 2 aliphatic heterocycles. The van der Waals surface area contributed by atoms with Crippen LogP contribution in [0.15, 0.2) is 24.5 Å². The standard InChI is InChI=1S/C24H26FN5O4/c1-12-17(8-27-19-4-13(10-31)7-29-23(12)19)16-5-14-6-20(28-9-18(14)22(26)21(16)25)30-24(32)34-15-2-3-33-11-15/h5-6,8-9,13,15,29,31H,2-4,7,10-11,26H2,1H3,(H,28,30,32)/t13-,15?/m1/s1. The van der Waals surface area contributed by atoms with Gasteiger partial charge in [-0.1, -0.05) is 0 Å². The van der Waals surface area contributed by atoms with Crippen molar-refractivity contribution in [2.75, 3.05) is 42.7 Å². The third-order valence-electron chi connectivity index (χ3n) is 6.41. The first-order chi connectivity index (χ1) is 16.4. The number of amides is 1. The Kier molecular flexibility index (Phi) is 5.93. The highest BCUT2D eigenvalue weighted by molar-refractivity contribution is 5.99. The van der Waals surface area contributed by atoms with Crippen molar-refractivity contribution < 1.29 is 23.8 Å². The molecule has 0 radical (unpaired) electrons. The Morgan fingerprint density at radius 3 is 2.97 bits per heavy atom. The molecule has 1 fully saturated rings. The Morgan fingerprint density at radius 2 is 2.21 bits per heavy atom. The Morgan fingerprint density at radius 1 is 1.35 bits per heavy atom. The van der Waals surface area contributed by atoms with E-state index in [2.05, 4.69) is 20.6 Å². The van der Waals surface area contributed by atoms with E-state index < -0.39 is 11.9 Å². The summed E-state index contributed by atoms with van der Waals surface area (Å²) in [4.78, 5) is 20.9. The van der Waals surface area contributed by atoms with Gasteiger partial charge in [0, 0.05) is 54.4 Å². The Hall–Kier alpha value is -3.50. The number of hydrogen-bond donors (Lipinski definition) is 4. The SMILES string of the molecule is Cc1c(-c2cc3cc(NC(=O)OC4CCOC4)ncc3c(N)c2F)cnc2c1NC[C@H](CO)C2. The van der Waals surface area contributed by atoms with Crippen molar-refractivity contribution in [3.63, 3.8) is 0 Å². The molecule has 0 saturated carbocycles. The number of aromatic nitrogens is 2. The largest absolute Gasteiger partial charge is 0.443 e. The average molecular weight is 468 g/mol. The zero-order valence-corrected chi connectivity index (χ0v) is 18.7. The van der Waals surface area contributed by atoms with Gasteiger partial charge in [-0.15, -0.1) is 0 Å². The first-order valence-electron chi connectivity index (χ1n) is 11.2. The monoisotopic (exact) mass is 467 g/mol. The molecule has 4 heterocycles. The van der Waals surface area contributed by atoms with Crippen molar-refractivity contribution in [1.29, 1.82) is 0 Å². The molecule has 10 heteroatoms. The number of nitrogens with zero attached hydrogens (tertiary/aromatic N) is 2. The smallest absolute Gasteiger partial charge is 0.413 e. The van der Waals surface area contributed by atoms with Gasteiger partial charge in [-0.05, 0) is 36.4 Å². The molecule has 5 rings (SSSR count). The second kappa shape index (κ2) is 9.03. The number of hydrogen-bond acceptors (Lipinski definition) is 8. The summed E-state index contributed by atoms with van der Waals surface area (Å²) in [5, 5.41) is 16.4. The van der Waals surface area contributed by atoms with E-state index in [1.807, 2.05) is 6.92 Å². The zero-order chi connectivity index (χ0) is 23.8. The minimum absolute atomic E-state index is 0.0253. The molecule has 1 unspecified atom stereocenters. The van der Waals surface area contributed by atoms with E-state index in [1.54, 1.807) is 18.3 Å². The Balaban J connectivity index is 1.48. The van der Waals surface area contributed by atoms with Gasteiger partial charge < -0.3 is 25.6 Å². The topological polar surface area (TPSA) is 132 Å². The summed E-state index contributed by atoms with van der Waals surface area (Å²) in [5.74, 6) is -0.181. The van der Waals surface area contributed by atoms with Crippen LogP contribution in [-0.2, 0) is 15.9 Å². The summed E-state index contributed by atoms with van der Waals surface area (Å²) < 4.78 is 25.9. The summed E-state index contributed by atoms with van der Waals surface area (Å²) in [6, 6.07) is 3.31. The van der Waals surface area contributed by atoms with Gasteiger partial charge in [-0.25, -0.2) is 14.2 Å². The number of halogens is 1. The van der Waals surface area contributed by atoms with E-state index >= 15 is 4.39 Å². The molecule has 0 spiro atoms. The maximum Gasteiger partial charge on any atom is 0.413 e. The predicted molar refractivity (Wildman–Crippen MR) is 126 cm³/mol. The highest BCUT2D eigenvalue weighted by Crippen LogP contribution is 2.38.